The second kappa shape index (κ2) is 5.38. The van der Waals surface area contributed by atoms with E-state index in [2.05, 4.69) is 11.1 Å². The van der Waals surface area contributed by atoms with Crippen LogP contribution < -0.4 is 4.90 Å². The highest BCUT2D eigenvalue weighted by Gasteiger charge is 2.49. The van der Waals surface area contributed by atoms with Crippen molar-refractivity contribution in [2.75, 3.05) is 16.4 Å². The number of carbonyl (C=O) groups excluding carboxylic acids is 1. The molecule has 2 saturated heterocycles. The molecular weight excluding hydrogens is 320 g/mol. The van der Waals surface area contributed by atoms with Crippen molar-refractivity contribution in [2.45, 2.75) is 32.1 Å². The maximum Gasteiger partial charge on any atom is 0.244 e. The van der Waals surface area contributed by atoms with Gasteiger partial charge in [0.05, 0.1) is 17.5 Å². The van der Waals surface area contributed by atoms with Crippen molar-refractivity contribution in [2.24, 2.45) is 4.99 Å². The normalized spacial score (nSPS) is 28.1. The van der Waals surface area contributed by atoms with Crippen LogP contribution in [0.25, 0.3) is 0 Å². The summed E-state index contributed by atoms with van der Waals surface area (Å²) in [7, 11) is -3.02. The summed E-state index contributed by atoms with van der Waals surface area (Å²) in [6.45, 7) is 5.42. The number of aryl methyl sites for hydroxylation is 2. The first kappa shape index (κ1) is 15.6. The lowest BCUT2D eigenvalue weighted by molar-refractivity contribution is -0.115. The lowest BCUT2D eigenvalue weighted by atomic mass is 10.1. The smallest absolute Gasteiger partial charge is 0.244 e. The summed E-state index contributed by atoms with van der Waals surface area (Å²) in [5, 5.41) is 0.561. The lowest BCUT2D eigenvalue weighted by Gasteiger charge is -2.25. The van der Waals surface area contributed by atoms with E-state index in [-0.39, 0.29) is 28.7 Å². The Morgan fingerprint density at radius 2 is 1.86 bits per heavy atom. The molecule has 7 heteroatoms. The molecule has 2 aliphatic rings. The van der Waals surface area contributed by atoms with Crippen molar-refractivity contribution >= 4 is 38.4 Å². The van der Waals surface area contributed by atoms with Crippen molar-refractivity contribution in [3.05, 3.63) is 29.3 Å². The van der Waals surface area contributed by atoms with Crippen LogP contribution in [0.2, 0.25) is 0 Å². The topological polar surface area (TPSA) is 66.8 Å². The summed E-state index contributed by atoms with van der Waals surface area (Å²) in [5.41, 5.74) is 3.12. The highest BCUT2D eigenvalue weighted by atomic mass is 32.2. The molecule has 0 saturated carbocycles. The summed E-state index contributed by atoms with van der Waals surface area (Å²) < 4.78 is 23.9. The summed E-state index contributed by atoms with van der Waals surface area (Å²) in [4.78, 5) is 17.4. The lowest BCUT2D eigenvalue weighted by Crippen LogP contribution is -2.37. The Hall–Kier alpha value is -1.34. The average molecular weight is 338 g/mol. The molecule has 2 aliphatic heterocycles. The van der Waals surface area contributed by atoms with Gasteiger partial charge in [-0.2, -0.15) is 4.99 Å². The molecule has 22 heavy (non-hydrogen) atoms. The number of carbonyl (C=O) groups is 1. The van der Waals surface area contributed by atoms with Gasteiger partial charge in [0.2, 0.25) is 5.91 Å². The Balaban J connectivity index is 2.08. The van der Waals surface area contributed by atoms with Crippen molar-refractivity contribution in [1.82, 2.24) is 0 Å². The van der Waals surface area contributed by atoms with E-state index in [0.717, 1.165) is 16.8 Å². The predicted molar refractivity (Wildman–Crippen MR) is 90.3 cm³/mol. The zero-order chi connectivity index (χ0) is 16.1. The minimum absolute atomic E-state index is 0.0519. The van der Waals surface area contributed by atoms with E-state index in [9.17, 15) is 13.2 Å². The third-order valence-corrected chi connectivity index (χ3v) is 7.01. The van der Waals surface area contributed by atoms with Gasteiger partial charge in [0, 0.05) is 17.9 Å². The number of aliphatic imine (C=N–C) groups is 1. The van der Waals surface area contributed by atoms with E-state index in [1.165, 1.54) is 18.7 Å². The fraction of sp³-hybridized carbons (Fsp3) is 0.467. The van der Waals surface area contributed by atoms with E-state index >= 15 is 0 Å². The van der Waals surface area contributed by atoms with Crippen LogP contribution in [0.4, 0.5) is 5.69 Å². The van der Waals surface area contributed by atoms with Gasteiger partial charge in [-0.3, -0.25) is 4.79 Å². The minimum atomic E-state index is -3.02. The Labute approximate surface area is 134 Å². The predicted octanol–water partition coefficient (Wildman–Crippen LogP) is 1.92. The fourth-order valence-electron chi connectivity index (χ4n) is 3.09. The number of thioether (sulfide) groups is 1. The van der Waals surface area contributed by atoms with Gasteiger partial charge in [0.15, 0.2) is 15.0 Å². The van der Waals surface area contributed by atoms with Gasteiger partial charge >= 0.3 is 0 Å². The maximum atomic E-state index is 11.9. The molecule has 1 aromatic carbocycles. The third-order valence-electron chi connectivity index (χ3n) is 3.80. The number of nitrogens with zero attached hydrogens (tertiary/aromatic N) is 2. The summed E-state index contributed by atoms with van der Waals surface area (Å²) in [6.07, 6.45) is 0. The largest absolute Gasteiger partial charge is 0.316 e. The van der Waals surface area contributed by atoms with Gasteiger partial charge in [-0.25, -0.2) is 8.42 Å². The van der Waals surface area contributed by atoms with Crippen LogP contribution in [0.3, 0.4) is 0 Å². The van der Waals surface area contributed by atoms with Crippen LogP contribution in [0.1, 0.15) is 18.1 Å². The van der Waals surface area contributed by atoms with Crippen molar-refractivity contribution in [3.8, 4) is 0 Å². The number of rotatable bonds is 1. The molecule has 3 rings (SSSR count). The van der Waals surface area contributed by atoms with Crippen LogP contribution in [-0.2, 0) is 14.6 Å². The van der Waals surface area contributed by atoms with E-state index in [1.54, 1.807) is 0 Å². The number of amides is 1. The molecule has 0 bridgehead atoms. The molecule has 2 heterocycles. The molecule has 1 aromatic rings. The first-order valence-corrected chi connectivity index (χ1v) is 9.79. The Morgan fingerprint density at radius 1 is 1.23 bits per heavy atom. The van der Waals surface area contributed by atoms with E-state index in [1.807, 2.05) is 30.9 Å². The molecule has 118 valence electrons. The number of amidine groups is 1. The zero-order valence-corrected chi connectivity index (χ0v) is 14.4. The molecule has 2 fully saturated rings. The standard InChI is InChI=1S/C15H18N2O3S2/c1-9-4-10(2)6-12(5-9)17-13-7-22(19,20)8-14(13)21-15(17)16-11(3)18/h4-6,13-14H,7-8H2,1-3H3/t13-,14-/m1/s1. The maximum absolute atomic E-state index is 11.9. The number of sulfone groups is 1. The molecule has 0 unspecified atom stereocenters. The van der Waals surface area contributed by atoms with Gasteiger partial charge in [0.1, 0.15) is 0 Å². The summed E-state index contributed by atoms with van der Waals surface area (Å²) in [6, 6.07) is 5.94. The molecule has 0 radical (unpaired) electrons. The van der Waals surface area contributed by atoms with E-state index in [4.69, 9.17) is 0 Å². The summed E-state index contributed by atoms with van der Waals surface area (Å²) in [5.74, 6) is 0.00879. The zero-order valence-electron chi connectivity index (χ0n) is 12.7. The molecule has 1 amide bonds. The molecule has 2 atom stereocenters. The van der Waals surface area contributed by atoms with Crippen molar-refractivity contribution in [1.29, 1.82) is 0 Å². The van der Waals surface area contributed by atoms with E-state index < -0.39 is 9.84 Å². The fourth-order valence-corrected chi connectivity index (χ4v) is 7.05. The number of benzene rings is 1. The summed E-state index contributed by atoms with van der Waals surface area (Å²) >= 11 is 1.40. The molecular formula is C15H18N2O3S2. The molecule has 0 spiro atoms. The highest BCUT2D eigenvalue weighted by Crippen LogP contribution is 2.41. The van der Waals surface area contributed by atoms with Gasteiger partial charge in [-0.1, -0.05) is 17.8 Å². The molecule has 0 aliphatic carbocycles. The number of fused-ring (bicyclic) bond motifs is 1. The van der Waals surface area contributed by atoms with E-state index in [0.29, 0.717) is 5.17 Å². The molecule has 0 aromatic heterocycles. The van der Waals surface area contributed by atoms with Crippen LogP contribution in [-0.4, -0.2) is 42.3 Å². The van der Waals surface area contributed by atoms with Crippen LogP contribution in [0.5, 0.6) is 0 Å². The highest BCUT2D eigenvalue weighted by molar-refractivity contribution is 8.16. The third kappa shape index (κ3) is 2.92. The Kier molecular flexibility index (Phi) is 3.81. The van der Waals surface area contributed by atoms with Crippen LogP contribution in [0.15, 0.2) is 23.2 Å². The minimum Gasteiger partial charge on any atom is -0.316 e. The monoisotopic (exact) mass is 338 g/mol. The first-order valence-electron chi connectivity index (χ1n) is 7.09. The number of hydrogen-bond acceptors (Lipinski definition) is 4. The second-order valence-corrected chi connectivity index (χ2v) is 9.29. The first-order chi connectivity index (χ1) is 10.2. The van der Waals surface area contributed by atoms with Crippen molar-refractivity contribution in [3.63, 3.8) is 0 Å². The number of anilines is 1. The Bertz CT molecular complexity index is 751. The van der Waals surface area contributed by atoms with Crippen LogP contribution in [0, 0.1) is 13.8 Å². The Morgan fingerprint density at radius 3 is 2.45 bits per heavy atom. The molecule has 5 nitrogen and oxygen atoms in total. The quantitative estimate of drug-likeness (QED) is 0.783. The number of hydrogen-bond donors (Lipinski definition) is 0. The van der Waals surface area contributed by atoms with Gasteiger partial charge in [-0.05, 0) is 37.1 Å². The van der Waals surface area contributed by atoms with Gasteiger partial charge < -0.3 is 4.90 Å². The van der Waals surface area contributed by atoms with Gasteiger partial charge in [-0.15, -0.1) is 0 Å². The second-order valence-electron chi connectivity index (χ2n) is 5.93. The van der Waals surface area contributed by atoms with Crippen molar-refractivity contribution < 1.29 is 13.2 Å². The van der Waals surface area contributed by atoms with Crippen LogP contribution >= 0.6 is 11.8 Å². The SMILES string of the molecule is CC(=O)N=C1S[C@@H]2CS(=O)(=O)C[C@H]2N1c1cc(C)cc(C)c1. The van der Waals surface area contributed by atoms with Gasteiger partial charge in [0.25, 0.3) is 0 Å². The average Bonchev–Trinajstić information content (AvgIpc) is 2.77. The molecule has 0 N–H and O–H groups in total.